The van der Waals surface area contributed by atoms with Crippen LogP contribution in [0.4, 0.5) is 5.69 Å². The number of rotatable bonds is 5. The minimum Gasteiger partial charge on any atom is -0.391 e. The van der Waals surface area contributed by atoms with Crippen LogP contribution in [0.3, 0.4) is 0 Å². The van der Waals surface area contributed by atoms with Crippen molar-refractivity contribution >= 4 is 23.2 Å². The molecule has 0 spiro atoms. The highest BCUT2D eigenvalue weighted by Crippen LogP contribution is 2.26. The van der Waals surface area contributed by atoms with Gasteiger partial charge in [-0.3, -0.25) is 14.9 Å². The standard InChI is InChI=1S/C13H18ClN3O4/c1-13(2,3)6-8(18)7-16-12(19)9-4-5-15-11(14)10(9)17(20)21/h4-5,8,18H,6-7H2,1-3H3,(H,16,19). The van der Waals surface area contributed by atoms with Crippen molar-refractivity contribution < 1.29 is 14.8 Å². The third kappa shape index (κ3) is 5.28. The maximum atomic E-state index is 12.0. The van der Waals surface area contributed by atoms with E-state index in [1.165, 1.54) is 12.3 Å². The van der Waals surface area contributed by atoms with E-state index in [1.54, 1.807) is 0 Å². The monoisotopic (exact) mass is 315 g/mol. The summed E-state index contributed by atoms with van der Waals surface area (Å²) in [7, 11) is 0. The Morgan fingerprint density at radius 2 is 2.19 bits per heavy atom. The van der Waals surface area contributed by atoms with Crippen LogP contribution in [-0.2, 0) is 0 Å². The molecule has 2 N–H and O–H groups in total. The predicted octanol–water partition coefficient (Wildman–Crippen LogP) is 2.17. The van der Waals surface area contributed by atoms with Crippen LogP contribution in [-0.4, -0.2) is 33.6 Å². The maximum absolute atomic E-state index is 12.0. The number of hydrogen-bond donors (Lipinski definition) is 2. The van der Waals surface area contributed by atoms with Gasteiger partial charge < -0.3 is 10.4 Å². The molecule has 1 aromatic rings. The number of nitrogens with zero attached hydrogens (tertiary/aromatic N) is 2. The molecular formula is C13H18ClN3O4. The highest BCUT2D eigenvalue weighted by Gasteiger charge is 2.25. The van der Waals surface area contributed by atoms with Gasteiger partial charge in [-0.05, 0) is 17.9 Å². The van der Waals surface area contributed by atoms with E-state index in [2.05, 4.69) is 10.3 Å². The summed E-state index contributed by atoms with van der Waals surface area (Å²) in [5.74, 6) is -0.668. The molecule has 1 amide bonds. The number of nitro groups is 1. The van der Waals surface area contributed by atoms with Gasteiger partial charge in [0.05, 0.1) is 11.0 Å². The molecule has 0 aromatic carbocycles. The second-order valence-electron chi connectivity index (χ2n) is 5.88. The van der Waals surface area contributed by atoms with E-state index in [-0.39, 0.29) is 22.7 Å². The largest absolute Gasteiger partial charge is 0.391 e. The number of aliphatic hydroxyl groups is 1. The average Bonchev–Trinajstić information content (AvgIpc) is 2.33. The Hall–Kier alpha value is -1.73. The quantitative estimate of drug-likeness (QED) is 0.492. The minimum absolute atomic E-state index is 0.00714. The van der Waals surface area contributed by atoms with Gasteiger partial charge in [-0.25, -0.2) is 4.98 Å². The van der Waals surface area contributed by atoms with Crippen molar-refractivity contribution in [1.82, 2.24) is 10.3 Å². The van der Waals surface area contributed by atoms with Gasteiger partial charge >= 0.3 is 5.69 Å². The molecule has 0 fully saturated rings. The van der Waals surface area contributed by atoms with Gasteiger partial charge in [-0.1, -0.05) is 32.4 Å². The van der Waals surface area contributed by atoms with Crippen molar-refractivity contribution in [2.45, 2.75) is 33.3 Å². The fourth-order valence-electron chi connectivity index (χ4n) is 1.87. The Labute approximate surface area is 127 Å². The van der Waals surface area contributed by atoms with Crippen molar-refractivity contribution in [3.63, 3.8) is 0 Å². The van der Waals surface area contributed by atoms with E-state index < -0.39 is 22.6 Å². The van der Waals surface area contributed by atoms with Crippen molar-refractivity contribution in [3.8, 4) is 0 Å². The summed E-state index contributed by atoms with van der Waals surface area (Å²) in [4.78, 5) is 25.7. The molecule has 1 atom stereocenters. The van der Waals surface area contributed by atoms with E-state index >= 15 is 0 Å². The third-order valence-corrected chi connectivity index (χ3v) is 2.93. The fourth-order valence-corrected chi connectivity index (χ4v) is 2.10. The van der Waals surface area contributed by atoms with Gasteiger partial charge in [0.25, 0.3) is 5.91 Å². The van der Waals surface area contributed by atoms with Crippen LogP contribution in [0.25, 0.3) is 0 Å². The molecule has 0 radical (unpaired) electrons. The summed E-state index contributed by atoms with van der Waals surface area (Å²) in [6, 6.07) is 1.22. The number of aromatic nitrogens is 1. The van der Waals surface area contributed by atoms with Crippen LogP contribution in [0.2, 0.25) is 5.15 Å². The van der Waals surface area contributed by atoms with Gasteiger partial charge in [0.1, 0.15) is 5.56 Å². The number of aliphatic hydroxyl groups excluding tert-OH is 1. The van der Waals surface area contributed by atoms with Crippen molar-refractivity contribution in [1.29, 1.82) is 0 Å². The number of carbonyl (C=O) groups excluding carboxylic acids is 1. The average molecular weight is 316 g/mol. The second kappa shape index (κ2) is 6.82. The number of amides is 1. The summed E-state index contributed by atoms with van der Waals surface area (Å²) in [6.07, 6.45) is 0.979. The molecule has 1 aromatic heterocycles. The SMILES string of the molecule is CC(C)(C)CC(O)CNC(=O)c1ccnc(Cl)c1[N+](=O)[O-]. The molecule has 0 aliphatic heterocycles. The number of halogens is 1. The molecule has 8 heteroatoms. The lowest BCUT2D eigenvalue weighted by Gasteiger charge is -2.22. The van der Waals surface area contributed by atoms with Crippen molar-refractivity contribution in [2.24, 2.45) is 5.41 Å². The molecule has 0 bridgehead atoms. The Kier molecular flexibility index (Phi) is 5.62. The molecule has 0 aliphatic rings. The van der Waals surface area contributed by atoms with E-state index in [0.29, 0.717) is 6.42 Å². The van der Waals surface area contributed by atoms with Crippen molar-refractivity contribution in [2.75, 3.05) is 6.54 Å². The predicted molar refractivity (Wildman–Crippen MR) is 78.3 cm³/mol. The van der Waals surface area contributed by atoms with Crippen molar-refractivity contribution in [3.05, 3.63) is 33.1 Å². The summed E-state index contributed by atoms with van der Waals surface area (Å²) in [5.41, 5.74) is -0.805. The van der Waals surface area contributed by atoms with Gasteiger partial charge in [0, 0.05) is 12.7 Å². The molecule has 21 heavy (non-hydrogen) atoms. The van der Waals surface area contributed by atoms with Gasteiger partial charge in [-0.15, -0.1) is 0 Å². The summed E-state index contributed by atoms with van der Waals surface area (Å²) >= 11 is 5.64. The first-order valence-electron chi connectivity index (χ1n) is 6.37. The fraction of sp³-hybridized carbons (Fsp3) is 0.538. The zero-order valence-electron chi connectivity index (χ0n) is 12.1. The lowest BCUT2D eigenvalue weighted by atomic mass is 9.89. The number of nitrogens with one attached hydrogen (secondary N) is 1. The molecule has 1 rings (SSSR count). The van der Waals surface area contributed by atoms with E-state index in [4.69, 9.17) is 11.6 Å². The van der Waals surface area contributed by atoms with E-state index in [1.807, 2.05) is 20.8 Å². The van der Waals surface area contributed by atoms with E-state index in [9.17, 15) is 20.0 Å². The number of hydrogen-bond acceptors (Lipinski definition) is 5. The second-order valence-corrected chi connectivity index (χ2v) is 6.24. The first-order chi connectivity index (χ1) is 9.61. The summed E-state index contributed by atoms with van der Waals surface area (Å²) in [6.45, 7) is 5.90. The molecule has 1 heterocycles. The molecule has 1 unspecified atom stereocenters. The maximum Gasteiger partial charge on any atom is 0.319 e. The highest BCUT2D eigenvalue weighted by molar-refractivity contribution is 6.32. The van der Waals surface area contributed by atoms with Crippen LogP contribution in [0.15, 0.2) is 12.3 Å². The molecule has 0 saturated heterocycles. The van der Waals surface area contributed by atoms with Gasteiger partial charge in [0.2, 0.25) is 5.15 Å². The molecule has 0 aliphatic carbocycles. The highest BCUT2D eigenvalue weighted by atomic mass is 35.5. The zero-order valence-corrected chi connectivity index (χ0v) is 12.8. The van der Waals surface area contributed by atoms with Crippen LogP contribution in [0, 0.1) is 15.5 Å². The van der Waals surface area contributed by atoms with Gasteiger partial charge in [-0.2, -0.15) is 0 Å². The molecule has 116 valence electrons. The Morgan fingerprint density at radius 1 is 1.57 bits per heavy atom. The van der Waals surface area contributed by atoms with Gasteiger partial charge in [0.15, 0.2) is 0 Å². The molecule has 0 saturated carbocycles. The third-order valence-electron chi connectivity index (χ3n) is 2.65. The first kappa shape index (κ1) is 17.3. The first-order valence-corrected chi connectivity index (χ1v) is 6.75. The Morgan fingerprint density at radius 3 is 2.71 bits per heavy atom. The Balaban J connectivity index is 2.78. The number of carbonyl (C=O) groups is 1. The lowest BCUT2D eigenvalue weighted by molar-refractivity contribution is -0.385. The van der Waals surface area contributed by atoms with Crippen LogP contribution < -0.4 is 5.32 Å². The minimum atomic E-state index is -0.754. The molecule has 7 nitrogen and oxygen atoms in total. The number of pyridine rings is 1. The molecular weight excluding hydrogens is 298 g/mol. The lowest BCUT2D eigenvalue weighted by Crippen LogP contribution is -2.34. The van der Waals surface area contributed by atoms with E-state index in [0.717, 1.165) is 0 Å². The summed E-state index contributed by atoms with van der Waals surface area (Å²) < 4.78 is 0. The summed E-state index contributed by atoms with van der Waals surface area (Å²) in [5, 5.41) is 22.9. The van der Waals surface area contributed by atoms with Crippen LogP contribution >= 0.6 is 11.6 Å². The Bertz CT molecular complexity index is 543. The smallest absolute Gasteiger partial charge is 0.319 e. The normalized spacial score (nSPS) is 12.8. The van der Waals surface area contributed by atoms with Crippen LogP contribution in [0.5, 0.6) is 0 Å². The van der Waals surface area contributed by atoms with Crippen LogP contribution in [0.1, 0.15) is 37.6 Å². The zero-order chi connectivity index (χ0) is 16.2. The topological polar surface area (TPSA) is 105 Å².